The van der Waals surface area contributed by atoms with Gasteiger partial charge in [0.1, 0.15) is 5.75 Å². The fraction of sp³-hybridized carbons (Fsp3) is 0.200. The lowest BCUT2D eigenvalue weighted by atomic mass is 10.1. The maximum absolute atomic E-state index is 12.9. The molecule has 3 rings (SSSR count). The van der Waals surface area contributed by atoms with Gasteiger partial charge < -0.3 is 15.0 Å². The zero-order valence-corrected chi connectivity index (χ0v) is 17.5. The molecule has 0 aliphatic rings. The highest BCUT2D eigenvalue weighted by Crippen LogP contribution is 2.19. The van der Waals surface area contributed by atoms with Crippen molar-refractivity contribution in [2.75, 3.05) is 19.0 Å². The maximum atomic E-state index is 12.9. The molecule has 0 saturated carbocycles. The number of carbonyl (C=O) groups excluding carboxylic acids is 2. The van der Waals surface area contributed by atoms with Gasteiger partial charge in [-0.15, -0.1) is 0 Å². The van der Waals surface area contributed by atoms with Crippen LogP contribution in [0.3, 0.4) is 0 Å². The largest absolute Gasteiger partial charge is 0.484 e. The number of nitrogens with zero attached hydrogens (tertiary/aromatic N) is 1. The molecule has 0 unspecified atom stereocenters. The number of ether oxygens (including phenoxy) is 1. The minimum Gasteiger partial charge on any atom is -0.484 e. The third-order valence-electron chi connectivity index (χ3n) is 4.61. The fourth-order valence-corrected chi connectivity index (χ4v) is 3.26. The van der Waals surface area contributed by atoms with Crippen LogP contribution in [0.2, 0.25) is 0 Å². The number of hydrogen-bond acceptors (Lipinski definition) is 3. The van der Waals surface area contributed by atoms with Gasteiger partial charge in [0.2, 0.25) is 0 Å². The van der Waals surface area contributed by atoms with Crippen LogP contribution < -0.4 is 10.1 Å². The van der Waals surface area contributed by atoms with E-state index in [2.05, 4.69) is 5.32 Å². The van der Waals surface area contributed by atoms with Crippen LogP contribution in [0.5, 0.6) is 5.75 Å². The van der Waals surface area contributed by atoms with Gasteiger partial charge in [0.05, 0.1) is 11.3 Å². The quantitative estimate of drug-likeness (QED) is 0.629. The number of rotatable bonds is 7. The van der Waals surface area contributed by atoms with Crippen LogP contribution in [0.1, 0.15) is 27.0 Å². The van der Waals surface area contributed by atoms with E-state index in [1.165, 1.54) is 0 Å². The first-order valence-electron chi connectivity index (χ1n) is 9.82. The third-order valence-corrected chi connectivity index (χ3v) is 4.61. The molecule has 154 valence electrons. The molecule has 0 aliphatic heterocycles. The van der Waals surface area contributed by atoms with E-state index >= 15 is 0 Å². The Morgan fingerprint density at radius 2 is 1.53 bits per heavy atom. The van der Waals surface area contributed by atoms with E-state index in [1.54, 1.807) is 36.2 Å². The van der Waals surface area contributed by atoms with E-state index in [1.807, 2.05) is 62.4 Å². The number of anilines is 1. The summed E-state index contributed by atoms with van der Waals surface area (Å²) in [5.41, 5.74) is 4.09. The van der Waals surface area contributed by atoms with Crippen molar-refractivity contribution in [1.82, 2.24) is 4.90 Å². The molecule has 3 aromatic rings. The van der Waals surface area contributed by atoms with E-state index in [0.717, 1.165) is 16.7 Å². The summed E-state index contributed by atoms with van der Waals surface area (Å²) in [6, 6.07) is 22.6. The number of nitrogens with one attached hydrogen (secondary N) is 1. The van der Waals surface area contributed by atoms with Crippen molar-refractivity contribution in [3.05, 3.63) is 95.1 Å². The minimum atomic E-state index is -0.319. The predicted octanol–water partition coefficient (Wildman–Crippen LogP) is 4.59. The zero-order valence-electron chi connectivity index (χ0n) is 17.5. The van der Waals surface area contributed by atoms with Crippen molar-refractivity contribution in [1.29, 1.82) is 0 Å². The van der Waals surface area contributed by atoms with E-state index in [4.69, 9.17) is 4.74 Å². The summed E-state index contributed by atoms with van der Waals surface area (Å²) in [4.78, 5) is 27.0. The predicted molar refractivity (Wildman–Crippen MR) is 119 cm³/mol. The van der Waals surface area contributed by atoms with E-state index in [9.17, 15) is 9.59 Å². The van der Waals surface area contributed by atoms with Gasteiger partial charge in [0, 0.05) is 13.6 Å². The first-order valence-corrected chi connectivity index (χ1v) is 9.82. The number of aryl methyl sites for hydroxylation is 2. The van der Waals surface area contributed by atoms with Gasteiger partial charge in [-0.2, -0.15) is 0 Å². The van der Waals surface area contributed by atoms with Crippen molar-refractivity contribution in [2.45, 2.75) is 20.4 Å². The first-order chi connectivity index (χ1) is 14.4. The Balaban J connectivity index is 1.65. The lowest BCUT2D eigenvalue weighted by molar-refractivity contribution is -0.118. The van der Waals surface area contributed by atoms with Crippen molar-refractivity contribution >= 4 is 17.5 Å². The topological polar surface area (TPSA) is 58.6 Å². The molecule has 0 radical (unpaired) electrons. The van der Waals surface area contributed by atoms with Gasteiger partial charge in [0.15, 0.2) is 6.61 Å². The Bertz CT molecular complexity index is 1010. The normalized spacial score (nSPS) is 10.4. The molecule has 30 heavy (non-hydrogen) atoms. The molecule has 0 fully saturated rings. The van der Waals surface area contributed by atoms with Crippen molar-refractivity contribution < 1.29 is 14.3 Å². The summed E-state index contributed by atoms with van der Waals surface area (Å²) in [6.07, 6.45) is 0. The Kier molecular flexibility index (Phi) is 6.86. The summed E-state index contributed by atoms with van der Waals surface area (Å²) in [5.74, 6) is 0.166. The van der Waals surface area contributed by atoms with Crippen LogP contribution in [0, 0.1) is 13.8 Å². The zero-order chi connectivity index (χ0) is 21.5. The molecule has 5 nitrogen and oxygen atoms in total. The molecule has 0 bridgehead atoms. The van der Waals surface area contributed by atoms with Gasteiger partial charge in [0.25, 0.3) is 11.8 Å². The number of carbonyl (C=O) groups is 2. The number of para-hydroxylation sites is 1. The van der Waals surface area contributed by atoms with Gasteiger partial charge in [-0.3, -0.25) is 9.59 Å². The fourth-order valence-electron chi connectivity index (χ4n) is 3.26. The molecule has 0 aromatic heterocycles. The molecule has 3 aromatic carbocycles. The molecular weight excluding hydrogens is 376 g/mol. The second-order valence-electron chi connectivity index (χ2n) is 7.35. The van der Waals surface area contributed by atoms with Crippen LogP contribution in [0.4, 0.5) is 5.69 Å². The standard InChI is InChI=1S/C25H26N2O3/c1-18-13-19(2)15-21(14-18)30-17-24(28)26-23-12-8-7-11-22(23)25(29)27(3)16-20-9-5-4-6-10-20/h4-15H,16-17H2,1-3H3,(H,26,28). The van der Waals surface area contributed by atoms with E-state index < -0.39 is 0 Å². The smallest absolute Gasteiger partial charge is 0.262 e. The molecule has 2 amide bonds. The van der Waals surface area contributed by atoms with Gasteiger partial charge in [-0.1, -0.05) is 48.5 Å². The first kappa shape index (κ1) is 21.1. The Morgan fingerprint density at radius 3 is 2.23 bits per heavy atom. The van der Waals surface area contributed by atoms with Crippen LogP contribution in [-0.4, -0.2) is 30.4 Å². The summed E-state index contributed by atoms with van der Waals surface area (Å²) in [5, 5.41) is 2.80. The third kappa shape index (κ3) is 5.70. The Hall–Kier alpha value is -3.60. The molecule has 0 saturated heterocycles. The van der Waals surface area contributed by atoms with E-state index in [-0.39, 0.29) is 18.4 Å². The molecular formula is C25H26N2O3. The summed E-state index contributed by atoms with van der Waals surface area (Å²) in [7, 11) is 1.75. The van der Waals surface area contributed by atoms with Crippen molar-refractivity contribution in [2.24, 2.45) is 0 Å². The van der Waals surface area contributed by atoms with Crippen LogP contribution in [-0.2, 0) is 11.3 Å². The second kappa shape index (κ2) is 9.74. The summed E-state index contributed by atoms with van der Waals surface area (Å²) >= 11 is 0. The SMILES string of the molecule is Cc1cc(C)cc(OCC(=O)Nc2ccccc2C(=O)N(C)Cc2ccccc2)c1. The molecule has 0 aliphatic carbocycles. The van der Waals surface area contributed by atoms with Crippen LogP contribution >= 0.6 is 0 Å². The lowest BCUT2D eigenvalue weighted by Crippen LogP contribution is -2.28. The average molecular weight is 402 g/mol. The molecule has 0 atom stereocenters. The highest BCUT2D eigenvalue weighted by molar-refractivity contribution is 6.03. The number of benzene rings is 3. The number of hydrogen-bond donors (Lipinski definition) is 1. The van der Waals surface area contributed by atoms with Crippen LogP contribution in [0.25, 0.3) is 0 Å². The monoisotopic (exact) mass is 402 g/mol. The molecule has 0 heterocycles. The molecule has 1 N–H and O–H groups in total. The number of amides is 2. The minimum absolute atomic E-state index is 0.134. The summed E-state index contributed by atoms with van der Waals surface area (Å²) in [6.45, 7) is 4.31. The van der Waals surface area contributed by atoms with Crippen molar-refractivity contribution in [3.63, 3.8) is 0 Å². The van der Waals surface area contributed by atoms with Gasteiger partial charge in [-0.25, -0.2) is 0 Å². The average Bonchev–Trinajstić information content (AvgIpc) is 2.72. The van der Waals surface area contributed by atoms with E-state index in [0.29, 0.717) is 23.5 Å². The molecule has 0 spiro atoms. The highest BCUT2D eigenvalue weighted by atomic mass is 16.5. The Morgan fingerprint density at radius 1 is 0.900 bits per heavy atom. The van der Waals surface area contributed by atoms with Gasteiger partial charge in [-0.05, 0) is 54.8 Å². The lowest BCUT2D eigenvalue weighted by Gasteiger charge is -2.19. The maximum Gasteiger partial charge on any atom is 0.262 e. The van der Waals surface area contributed by atoms with Crippen molar-refractivity contribution in [3.8, 4) is 5.75 Å². The Labute approximate surface area is 177 Å². The molecule has 5 heteroatoms. The second-order valence-corrected chi connectivity index (χ2v) is 7.35. The van der Waals surface area contributed by atoms with Crippen LogP contribution in [0.15, 0.2) is 72.8 Å². The van der Waals surface area contributed by atoms with Gasteiger partial charge >= 0.3 is 0 Å². The summed E-state index contributed by atoms with van der Waals surface area (Å²) < 4.78 is 5.62. The highest BCUT2D eigenvalue weighted by Gasteiger charge is 2.17.